The van der Waals surface area contributed by atoms with Gasteiger partial charge in [0.25, 0.3) is 11.8 Å². The van der Waals surface area contributed by atoms with Crippen molar-refractivity contribution in [3.8, 4) is 5.75 Å². The Balaban J connectivity index is 1.78. The van der Waals surface area contributed by atoms with Crippen molar-refractivity contribution in [1.82, 2.24) is 0 Å². The van der Waals surface area contributed by atoms with Crippen LogP contribution in [0.15, 0.2) is 72.4 Å². The Bertz CT molecular complexity index is 1260. The number of nitrogens with one attached hydrogen (secondary N) is 1. The zero-order valence-electron chi connectivity index (χ0n) is 19.6. The Labute approximate surface area is 194 Å². The van der Waals surface area contributed by atoms with Crippen LogP contribution in [0, 0.1) is 20.8 Å². The van der Waals surface area contributed by atoms with E-state index in [4.69, 9.17) is 4.74 Å². The Kier molecular flexibility index (Phi) is 6.05. The second kappa shape index (κ2) is 8.94. The molecule has 1 aliphatic heterocycles. The number of hydrogen-bond acceptors (Lipinski definition) is 4. The van der Waals surface area contributed by atoms with Crippen LogP contribution >= 0.6 is 0 Å². The number of rotatable bonds is 6. The van der Waals surface area contributed by atoms with Crippen LogP contribution in [0.2, 0.25) is 0 Å². The lowest BCUT2D eigenvalue weighted by Gasteiger charge is -2.17. The van der Waals surface area contributed by atoms with Crippen LogP contribution in [0.5, 0.6) is 5.75 Å². The Hall–Kier alpha value is -3.86. The maximum Gasteiger partial charge on any atom is 0.282 e. The molecule has 4 rings (SSSR count). The predicted molar refractivity (Wildman–Crippen MR) is 132 cm³/mol. The van der Waals surface area contributed by atoms with Crippen molar-refractivity contribution in [2.45, 2.75) is 40.7 Å². The van der Waals surface area contributed by atoms with Gasteiger partial charge in [-0.1, -0.05) is 35.9 Å². The first-order valence-electron chi connectivity index (χ1n) is 11.1. The number of aryl methyl sites for hydroxylation is 3. The number of imide groups is 1. The Morgan fingerprint density at radius 3 is 2.15 bits per heavy atom. The molecule has 3 aromatic carbocycles. The molecule has 0 saturated carbocycles. The van der Waals surface area contributed by atoms with E-state index in [1.165, 1.54) is 4.90 Å². The molecule has 0 fully saturated rings. The summed E-state index contributed by atoms with van der Waals surface area (Å²) in [5, 5.41) is 3.23. The summed E-state index contributed by atoms with van der Waals surface area (Å²) in [5.74, 6) is -0.0397. The molecule has 0 spiro atoms. The van der Waals surface area contributed by atoms with Gasteiger partial charge in [-0.15, -0.1) is 0 Å². The van der Waals surface area contributed by atoms with Crippen molar-refractivity contribution in [3.63, 3.8) is 0 Å². The minimum Gasteiger partial charge on any atom is -0.491 e. The van der Waals surface area contributed by atoms with Crippen molar-refractivity contribution in [2.75, 3.05) is 10.2 Å². The predicted octanol–water partition coefficient (Wildman–Crippen LogP) is 5.80. The number of carbonyl (C=O) groups is 2. The zero-order valence-corrected chi connectivity index (χ0v) is 19.6. The molecule has 0 aliphatic carbocycles. The minimum absolute atomic E-state index is 0.0359. The third-order valence-corrected chi connectivity index (χ3v) is 5.49. The molecule has 0 radical (unpaired) electrons. The molecule has 5 heteroatoms. The number of benzene rings is 3. The van der Waals surface area contributed by atoms with Crippen LogP contribution in [-0.2, 0) is 9.59 Å². The smallest absolute Gasteiger partial charge is 0.282 e. The first-order chi connectivity index (χ1) is 15.7. The number of amides is 2. The largest absolute Gasteiger partial charge is 0.491 e. The van der Waals surface area contributed by atoms with Gasteiger partial charge in [0.2, 0.25) is 0 Å². The fraction of sp³-hybridized carbons (Fsp3) is 0.214. The molecule has 33 heavy (non-hydrogen) atoms. The van der Waals surface area contributed by atoms with Crippen LogP contribution in [0.25, 0.3) is 5.57 Å². The summed E-state index contributed by atoms with van der Waals surface area (Å²) in [6, 6.07) is 20.7. The van der Waals surface area contributed by atoms with E-state index in [0.717, 1.165) is 27.9 Å². The SMILES string of the molecule is Cc1cccc(NC2=C(c3ccc(C)cc3C)C(=O)N(c3ccc(OC(C)C)cc3)C2=O)c1. The van der Waals surface area contributed by atoms with Crippen LogP contribution in [-0.4, -0.2) is 17.9 Å². The molecule has 0 saturated heterocycles. The van der Waals surface area contributed by atoms with Crippen LogP contribution < -0.4 is 15.0 Å². The average Bonchev–Trinajstić information content (AvgIpc) is 2.98. The summed E-state index contributed by atoms with van der Waals surface area (Å²) in [6.07, 6.45) is 0.0359. The lowest BCUT2D eigenvalue weighted by molar-refractivity contribution is -0.120. The number of nitrogens with zero attached hydrogens (tertiary/aromatic N) is 1. The molecule has 1 aliphatic rings. The highest BCUT2D eigenvalue weighted by Crippen LogP contribution is 2.36. The summed E-state index contributed by atoms with van der Waals surface area (Å²) in [6.45, 7) is 9.85. The summed E-state index contributed by atoms with van der Waals surface area (Å²) in [4.78, 5) is 28.5. The highest BCUT2D eigenvalue weighted by molar-refractivity contribution is 6.46. The highest BCUT2D eigenvalue weighted by atomic mass is 16.5. The average molecular weight is 441 g/mol. The maximum absolute atomic E-state index is 13.7. The lowest BCUT2D eigenvalue weighted by atomic mass is 9.97. The molecular formula is C28H28N2O3. The quantitative estimate of drug-likeness (QED) is 0.493. The Morgan fingerprint density at radius 1 is 0.818 bits per heavy atom. The molecule has 168 valence electrons. The van der Waals surface area contributed by atoms with Crippen LogP contribution in [0.3, 0.4) is 0 Å². The minimum atomic E-state index is -0.381. The van der Waals surface area contributed by atoms with E-state index in [2.05, 4.69) is 5.32 Å². The van der Waals surface area contributed by atoms with Crippen molar-refractivity contribution in [3.05, 3.63) is 94.7 Å². The zero-order chi connectivity index (χ0) is 23.7. The van der Waals surface area contributed by atoms with Crippen molar-refractivity contribution >= 4 is 28.8 Å². The molecule has 0 bridgehead atoms. The topological polar surface area (TPSA) is 58.6 Å². The summed E-state index contributed by atoms with van der Waals surface area (Å²) >= 11 is 0. The third kappa shape index (κ3) is 4.53. The van der Waals surface area contributed by atoms with Crippen LogP contribution in [0.1, 0.15) is 36.1 Å². The second-order valence-corrected chi connectivity index (χ2v) is 8.67. The maximum atomic E-state index is 13.7. The van der Waals surface area contributed by atoms with E-state index in [0.29, 0.717) is 17.0 Å². The summed E-state index contributed by atoms with van der Waals surface area (Å²) in [5.41, 5.74) is 5.76. The molecule has 0 unspecified atom stereocenters. The highest BCUT2D eigenvalue weighted by Gasteiger charge is 2.40. The van der Waals surface area contributed by atoms with Gasteiger partial charge in [-0.05, 0) is 87.7 Å². The van der Waals surface area contributed by atoms with Gasteiger partial charge in [0.05, 0.1) is 17.4 Å². The standard InChI is InChI=1S/C28H28N2O3/c1-17(2)33-23-12-10-22(11-13-23)30-27(31)25(24-14-9-19(4)15-20(24)5)26(28(30)32)29-21-8-6-7-18(3)16-21/h6-17,29H,1-5H3. The van der Waals surface area contributed by atoms with E-state index in [9.17, 15) is 9.59 Å². The lowest BCUT2D eigenvalue weighted by Crippen LogP contribution is -2.32. The summed E-state index contributed by atoms with van der Waals surface area (Å²) in [7, 11) is 0. The van der Waals surface area contributed by atoms with Gasteiger partial charge in [0, 0.05) is 5.69 Å². The van der Waals surface area contributed by atoms with E-state index in [1.54, 1.807) is 24.3 Å². The molecule has 0 aromatic heterocycles. The van der Waals surface area contributed by atoms with Gasteiger partial charge >= 0.3 is 0 Å². The van der Waals surface area contributed by atoms with Gasteiger partial charge < -0.3 is 10.1 Å². The monoisotopic (exact) mass is 440 g/mol. The van der Waals surface area contributed by atoms with Crippen molar-refractivity contribution < 1.29 is 14.3 Å². The fourth-order valence-electron chi connectivity index (χ4n) is 4.04. The molecule has 2 amide bonds. The van der Waals surface area contributed by atoms with Crippen LogP contribution in [0.4, 0.5) is 11.4 Å². The molecule has 1 heterocycles. The Morgan fingerprint density at radius 2 is 1.52 bits per heavy atom. The molecule has 1 N–H and O–H groups in total. The van der Waals surface area contributed by atoms with E-state index in [1.807, 2.05) is 77.1 Å². The van der Waals surface area contributed by atoms with E-state index < -0.39 is 0 Å². The van der Waals surface area contributed by atoms with E-state index >= 15 is 0 Å². The molecule has 5 nitrogen and oxygen atoms in total. The number of hydrogen-bond donors (Lipinski definition) is 1. The van der Waals surface area contributed by atoms with Gasteiger partial charge in [0.1, 0.15) is 11.4 Å². The number of carbonyl (C=O) groups excluding carboxylic acids is 2. The third-order valence-electron chi connectivity index (χ3n) is 5.49. The summed E-state index contributed by atoms with van der Waals surface area (Å²) < 4.78 is 5.70. The van der Waals surface area contributed by atoms with Gasteiger partial charge in [-0.25, -0.2) is 4.90 Å². The van der Waals surface area contributed by atoms with Gasteiger partial charge in [0.15, 0.2) is 0 Å². The number of ether oxygens (including phenoxy) is 1. The fourth-order valence-corrected chi connectivity index (χ4v) is 4.04. The first-order valence-corrected chi connectivity index (χ1v) is 11.1. The van der Waals surface area contributed by atoms with Crippen molar-refractivity contribution in [2.24, 2.45) is 0 Å². The van der Waals surface area contributed by atoms with E-state index in [-0.39, 0.29) is 23.6 Å². The van der Waals surface area contributed by atoms with Gasteiger partial charge in [-0.3, -0.25) is 9.59 Å². The molecular weight excluding hydrogens is 412 g/mol. The van der Waals surface area contributed by atoms with Gasteiger partial charge in [-0.2, -0.15) is 0 Å². The molecule has 0 atom stereocenters. The number of anilines is 2. The first kappa shape index (κ1) is 22.3. The second-order valence-electron chi connectivity index (χ2n) is 8.67. The normalized spacial score (nSPS) is 13.8. The molecule has 3 aromatic rings. The van der Waals surface area contributed by atoms with Crippen molar-refractivity contribution in [1.29, 1.82) is 0 Å².